The topological polar surface area (TPSA) is 51.6 Å². The Kier molecular flexibility index (Phi) is 2.12. The van der Waals surface area contributed by atoms with Crippen molar-refractivity contribution in [1.82, 2.24) is 19.9 Å². The lowest BCUT2D eigenvalue weighted by Gasteiger charge is -2.02. The minimum Gasteiger partial charge on any atom is -0.253 e. The number of nitrogens with zero attached hydrogens (tertiary/aromatic N) is 4. The predicted molar refractivity (Wildman–Crippen MR) is 62.7 cm³/mol. The van der Waals surface area contributed by atoms with Crippen LogP contribution >= 0.6 is 23.2 Å². The van der Waals surface area contributed by atoms with E-state index in [0.29, 0.717) is 16.6 Å². The smallest absolute Gasteiger partial charge is 0.167 e. The Morgan fingerprint density at radius 1 is 0.750 bits per heavy atom. The number of fused-ring (bicyclic) bond motifs is 3. The maximum atomic E-state index is 5.83. The van der Waals surface area contributed by atoms with E-state index in [9.17, 15) is 0 Å². The Hall–Kier alpha value is -1.52. The van der Waals surface area contributed by atoms with E-state index in [-0.39, 0.29) is 10.3 Å². The molecule has 0 N–H and O–H groups in total. The van der Waals surface area contributed by atoms with E-state index in [1.165, 1.54) is 0 Å². The van der Waals surface area contributed by atoms with Crippen molar-refractivity contribution >= 4 is 45.3 Å². The van der Waals surface area contributed by atoms with Crippen molar-refractivity contribution in [1.29, 1.82) is 0 Å². The molecule has 0 fully saturated rings. The average molecular weight is 251 g/mol. The first kappa shape index (κ1) is 9.69. The molecule has 0 saturated carbocycles. The zero-order valence-corrected chi connectivity index (χ0v) is 9.37. The maximum absolute atomic E-state index is 5.83. The highest BCUT2D eigenvalue weighted by Gasteiger charge is 2.08. The normalized spacial score (nSPS) is 11.1. The molecule has 0 unspecified atom stereocenters. The van der Waals surface area contributed by atoms with Gasteiger partial charge in [0.2, 0.25) is 0 Å². The molecule has 3 aromatic rings. The lowest BCUT2D eigenvalue weighted by molar-refractivity contribution is 1.26. The summed E-state index contributed by atoms with van der Waals surface area (Å²) in [7, 11) is 0. The van der Waals surface area contributed by atoms with Gasteiger partial charge in [-0.3, -0.25) is 9.97 Å². The van der Waals surface area contributed by atoms with Crippen molar-refractivity contribution in [2.24, 2.45) is 0 Å². The van der Waals surface area contributed by atoms with Crippen molar-refractivity contribution in [2.45, 2.75) is 0 Å². The van der Waals surface area contributed by atoms with Crippen LogP contribution in [0.4, 0.5) is 0 Å². The van der Waals surface area contributed by atoms with Gasteiger partial charge in [-0.1, -0.05) is 23.2 Å². The molecular formula is C10H4Cl2N4. The van der Waals surface area contributed by atoms with E-state index in [2.05, 4.69) is 19.9 Å². The van der Waals surface area contributed by atoms with Crippen LogP contribution in [0.15, 0.2) is 24.5 Å². The van der Waals surface area contributed by atoms with E-state index >= 15 is 0 Å². The summed E-state index contributed by atoms with van der Waals surface area (Å²) in [4.78, 5) is 16.7. The molecule has 3 rings (SSSR count). The average Bonchev–Trinajstić information content (AvgIpc) is 2.31. The molecule has 16 heavy (non-hydrogen) atoms. The molecule has 0 atom stereocenters. The van der Waals surface area contributed by atoms with Crippen LogP contribution in [0.5, 0.6) is 0 Å². The van der Waals surface area contributed by atoms with Crippen LogP contribution in [-0.2, 0) is 0 Å². The molecule has 4 nitrogen and oxygen atoms in total. The Labute approximate surface area is 100 Å². The highest BCUT2D eigenvalue weighted by atomic mass is 35.5. The monoisotopic (exact) mass is 250 g/mol. The van der Waals surface area contributed by atoms with Crippen LogP contribution in [0.3, 0.4) is 0 Å². The maximum Gasteiger partial charge on any atom is 0.167 e. The van der Waals surface area contributed by atoms with Gasteiger partial charge in [-0.2, -0.15) is 0 Å². The minimum atomic E-state index is 0.173. The Balaban J connectivity index is 2.55. The van der Waals surface area contributed by atoms with E-state index in [1.54, 1.807) is 18.5 Å². The molecule has 78 valence electrons. The quantitative estimate of drug-likeness (QED) is 0.576. The van der Waals surface area contributed by atoms with Crippen molar-refractivity contribution in [3.8, 4) is 0 Å². The summed E-state index contributed by atoms with van der Waals surface area (Å²) < 4.78 is 0. The van der Waals surface area contributed by atoms with Gasteiger partial charge >= 0.3 is 0 Å². The fourth-order valence-electron chi connectivity index (χ4n) is 1.51. The van der Waals surface area contributed by atoms with E-state index < -0.39 is 0 Å². The Bertz CT molecular complexity index is 699. The molecule has 0 radical (unpaired) electrons. The second kappa shape index (κ2) is 3.50. The van der Waals surface area contributed by atoms with Crippen LogP contribution in [0.25, 0.3) is 22.1 Å². The third-order valence-corrected chi connectivity index (χ3v) is 2.82. The fourth-order valence-corrected chi connectivity index (χ4v) is 1.77. The Morgan fingerprint density at radius 2 is 1.44 bits per heavy atom. The first-order valence-electron chi connectivity index (χ1n) is 4.48. The molecule has 0 bridgehead atoms. The summed E-state index contributed by atoms with van der Waals surface area (Å²) >= 11 is 11.6. The van der Waals surface area contributed by atoms with Crippen LogP contribution in [0.1, 0.15) is 0 Å². The largest absolute Gasteiger partial charge is 0.253 e. The van der Waals surface area contributed by atoms with Crippen molar-refractivity contribution < 1.29 is 0 Å². The summed E-state index contributed by atoms with van der Waals surface area (Å²) in [6, 6.07) is 3.62. The molecule has 0 spiro atoms. The second-order valence-electron chi connectivity index (χ2n) is 3.16. The number of hydrogen-bond acceptors (Lipinski definition) is 4. The molecule has 6 heteroatoms. The molecule has 2 aromatic heterocycles. The van der Waals surface area contributed by atoms with Gasteiger partial charge in [-0.25, -0.2) is 9.97 Å². The first-order chi connectivity index (χ1) is 7.75. The van der Waals surface area contributed by atoms with Gasteiger partial charge in [0.1, 0.15) is 11.0 Å². The first-order valence-corrected chi connectivity index (χ1v) is 5.24. The van der Waals surface area contributed by atoms with Crippen LogP contribution < -0.4 is 0 Å². The molecule has 0 aliphatic heterocycles. The standard InChI is InChI=1S/C10H4Cl2N4/c11-9-10(12)16-8-6(15-9)2-1-5-7(8)14-4-3-13-5/h1-4H. The SMILES string of the molecule is Clc1nc2ccc3nccnc3c2nc1Cl. The van der Waals surface area contributed by atoms with Gasteiger partial charge in [0, 0.05) is 12.4 Å². The zero-order valence-electron chi connectivity index (χ0n) is 7.85. The fraction of sp³-hybridized carbons (Fsp3) is 0. The lowest BCUT2D eigenvalue weighted by Crippen LogP contribution is -1.91. The highest BCUT2D eigenvalue weighted by Crippen LogP contribution is 2.24. The number of benzene rings is 1. The third kappa shape index (κ3) is 1.38. The van der Waals surface area contributed by atoms with Gasteiger partial charge in [0.05, 0.1) is 11.0 Å². The molecule has 0 saturated heterocycles. The molecule has 0 amide bonds. The molecule has 0 aliphatic rings. The Morgan fingerprint density at radius 3 is 2.31 bits per heavy atom. The summed E-state index contributed by atoms with van der Waals surface area (Å²) in [6.45, 7) is 0. The van der Waals surface area contributed by atoms with Crippen molar-refractivity contribution in [2.75, 3.05) is 0 Å². The van der Waals surface area contributed by atoms with Gasteiger partial charge in [-0.15, -0.1) is 0 Å². The van der Waals surface area contributed by atoms with Gasteiger partial charge in [0.25, 0.3) is 0 Å². The van der Waals surface area contributed by atoms with Gasteiger partial charge in [0.15, 0.2) is 10.3 Å². The van der Waals surface area contributed by atoms with Crippen LogP contribution in [0, 0.1) is 0 Å². The summed E-state index contributed by atoms with van der Waals surface area (Å²) in [5, 5.41) is 0.365. The van der Waals surface area contributed by atoms with Crippen molar-refractivity contribution in [3.05, 3.63) is 34.8 Å². The number of aromatic nitrogens is 4. The molecule has 1 aromatic carbocycles. The number of hydrogen-bond donors (Lipinski definition) is 0. The van der Waals surface area contributed by atoms with Crippen LogP contribution in [0.2, 0.25) is 10.3 Å². The zero-order chi connectivity index (χ0) is 11.1. The number of halogens is 2. The van der Waals surface area contributed by atoms with E-state index in [1.807, 2.05) is 6.07 Å². The second-order valence-corrected chi connectivity index (χ2v) is 3.88. The summed E-state index contributed by atoms with van der Waals surface area (Å²) in [5.74, 6) is 0. The van der Waals surface area contributed by atoms with Gasteiger partial charge in [-0.05, 0) is 12.1 Å². The summed E-state index contributed by atoms with van der Waals surface area (Å²) in [5.41, 5.74) is 2.69. The van der Waals surface area contributed by atoms with E-state index in [4.69, 9.17) is 23.2 Å². The minimum absolute atomic E-state index is 0.173. The lowest BCUT2D eigenvalue weighted by atomic mass is 10.2. The molecular weight excluding hydrogens is 247 g/mol. The van der Waals surface area contributed by atoms with Gasteiger partial charge < -0.3 is 0 Å². The molecule has 2 heterocycles. The summed E-state index contributed by atoms with van der Waals surface area (Å²) in [6.07, 6.45) is 3.23. The van der Waals surface area contributed by atoms with E-state index in [0.717, 1.165) is 5.52 Å². The highest BCUT2D eigenvalue weighted by molar-refractivity contribution is 6.40. The third-order valence-electron chi connectivity index (χ3n) is 2.19. The molecule has 0 aliphatic carbocycles. The van der Waals surface area contributed by atoms with Crippen LogP contribution in [-0.4, -0.2) is 19.9 Å². The van der Waals surface area contributed by atoms with Crippen molar-refractivity contribution in [3.63, 3.8) is 0 Å². The predicted octanol–water partition coefficient (Wildman–Crippen LogP) is 2.88. The number of rotatable bonds is 0.